The van der Waals surface area contributed by atoms with Gasteiger partial charge in [-0.05, 0) is 12.1 Å². The molecule has 0 spiro atoms. The van der Waals surface area contributed by atoms with Gasteiger partial charge >= 0.3 is 0 Å². The summed E-state index contributed by atoms with van der Waals surface area (Å²) in [6.07, 6.45) is -0.0937. The maximum absolute atomic E-state index is 11.5. The maximum atomic E-state index is 11.5. The number of amides is 1. The number of carbonyl (C=O) groups excluding carboxylic acids is 2. The van der Waals surface area contributed by atoms with Crippen LogP contribution in [-0.2, 0) is 9.59 Å². The molecule has 1 aromatic carbocycles. The van der Waals surface area contributed by atoms with Gasteiger partial charge in [0.1, 0.15) is 0 Å². The second-order valence-electron chi connectivity index (χ2n) is 3.52. The Kier molecular flexibility index (Phi) is 2.78. The van der Waals surface area contributed by atoms with Crippen molar-refractivity contribution in [3.05, 3.63) is 22.2 Å². The zero-order chi connectivity index (χ0) is 11.9. The van der Waals surface area contributed by atoms with Gasteiger partial charge in [-0.3, -0.25) is 9.59 Å². The van der Waals surface area contributed by atoms with E-state index in [-0.39, 0.29) is 35.4 Å². The lowest BCUT2D eigenvalue weighted by atomic mass is 10.2. The van der Waals surface area contributed by atoms with E-state index < -0.39 is 0 Å². The number of anilines is 2. The smallest absolute Gasteiger partial charge is 0.234 e. The minimum atomic E-state index is -0.282. The molecule has 1 heterocycles. The normalized spacial score (nSPS) is 16.0. The molecule has 1 aliphatic rings. The minimum absolute atomic E-state index is 0.0275. The number of hydrogen-bond acceptors (Lipinski definition) is 3. The summed E-state index contributed by atoms with van der Waals surface area (Å²) < 4.78 is 0. The molecular formula is C10H8Cl2N2O2. The lowest BCUT2D eigenvalue weighted by Gasteiger charge is -2.18. The number of Topliss-reactive ketones (excluding diaryl/α,β-unsaturated/α-hetero) is 1. The van der Waals surface area contributed by atoms with E-state index in [0.29, 0.717) is 10.7 Å². The summed E-state index contributed by atoms with van der Waals surface area (Å²) in [4.78, 5) is 24.0. The van der Waals surface area contributed by atoms with Gasteiger partial charge in [0.15, 0.2) is 5.78 Å². The van der Waals surface area contributed by atoms with Crippen LogP contribution in [-0.4, -0.2) is 18.2 Å². The van der Waals surface area contributed by atoms with Crippen molar-refractivity contribution in [2.45, 2.75) is 6.42 Å². The van der Waals surface area contributed by atoms with Crippen molar-refractivity contribution in [3.63, 3.8) is 0 Å². The van der Waals surface area contributed by atoms with Crippen molar-refractivity contribution in [3.8, 4) is 0 Å². The topological polar surface area (TPSA) is 63.4 Å². The summed E-state index contributed by atoms with van der Waals surface area (Å²) in [5.74, 6) is -0.421. The first kappa shape index (κ1) is 11.2. The molecule has 0 aromatic heterocycles. The third-order valence-corrected chi connectivity index (χ3v) is 2.88. The molecule has 0 radical (unpaired) electrons. The Hall–Kier alpha value is -1.26. The quantitative estimate of drug-likeness (QED) is 0.618. The fourth-order valence-electron chi connectivity index (χ4n) is 1.60. The maximum Gasteiger partial charge on any atom is 0.234 e. The third kappa shape index (κ3) is 1.86. The Morgan fingerprint density at radius 2 is 1.94 bits per heavy atom. The summed E-state index contributed by atoms with van der Waals surface area (Å²) in [7, 11) is 0. The Morgan fingerprint density at radius 1 is 1.25 bits per heavy atom. The number of nitrogen functional groups attached to an aromatic ring is 1. The molecule has 1 saturated heterocycles. The van der Waals surface area contributed by atoms with Gasteiger partial charge in [0.05, 0.1) is 29.4 Å². The number of hydrogen-bond donors (Lipinski definition) is 1. The van der Waals surface area contributed by atoms with Gasteiger partial charge in [-0.25, -0.2) is 0 Å². The van der Waals surface area contributed by atoms with Crippen molar-refractivity contribution in [1.29, 1.82) is 0 Å². The van der Waals surface area contributed by atoms with E-state index in [0.717, 1.165) is 0 Å². The molecule has 6 heteroatoms. The molecule has 2 N–H and O–H groups in total. The van der Waals surface area contributed by atoms with Gasteiger partial charge in [0, 0.05) is 5.02 Å². The average molecular weight is 259 g/mol. The molecule has 4 nitrogen and oxygen atoms in total. The van der Waals surface area contributed by atoms with Crippen molar-refractivity contribution in [2.24, 2.45) is 0 Å². The van der Waals surface area contributed by atoms with E-state index >= 15 is 0 Å². The van der Waals surface area contributed by atoms with Crippen LogP contribution in [0.1, 0.15) is 6.42 Å². The van der Waals surface area contributed by atoms with Gasteiger partial charge in [-0.15, -0.1) is 0 Å². The van der Waals surface area contributed by atoms with Gasteiger partial charge < -0.3 is 10.6 Å². The van der Waals surface area contributed by atoms with Gasteiger partial charge in [0.25, 0.3) is 0 Å². The molecule has 1 aliphatic heterocycles. The summed E-state index contributed by atoms with van der Waals surface area (Å²) in [5.41, 5.74) is 6.40. The highest BCUT2D eigenvalue weighted by atomic mass is 35.5. The van der Waals surface area contributed by atoms with Crippen molar-refractivity contribution >= 4 is 46.3 Å². The van der Waals surface area contributed by atoms with Crippen LogP contribution in [0.5, 0.6) is 0 Å². The Balaban J connectivity index is 2.48. The average Bonchev–Trinajstić information content (AvgIpc) is 2.51. The SMILES string of the molecule is Nc1c(Cl)cc(Cl)cc1N1CC(=O)CC1=O. The van der Waals surface area contributed by atoms with Crippen LogP contribution in [0.2, 0.25) is 10.0 Å². The predicted molar refractivity (Wildman–Crippen MR) is 62.9 cm³/mol. The molecule has 1 amide bonds. The standard InChI is InChI=1S/C10H8Cl2N2O2/c11-5-1-7(12)10(13)8(2-5)14-4-6(15)3-9(14)16/h1-2H,3-4,13H2. The van der Waals surface area contributed by atoms with E-state index in [1.54, 1.807) is 0 Å². The second-order valence-corrected chi connectivity index (χ2v) is 4.36. The number of carbonyl (C=O) groups is 2. The second kappa shape index (κ2) is 3.96. The molecule has 1 aromatic rings. The molecule has 0 bridgehead atoms. The van der Waals surface area contributed by atoms with Crippen LogP contribution in [0.4, 0.5) is 11.4 Å². The first-order valence-corrected chi connectivity index (χ1v) is 5.31. The summed E-state index contributed by atoms with van der Waals surface area (Å²) in [6.45, 7) is 0.0275. The molecule has 0 atom stereocenters. The molecule has 1 fully saturated rings. The van der Waals surface area contributed by atoms with Gasteiger partial charge in [-0.2, -0.15) is 0 Å². The molecule has 0 saturated carbocycles. The molecule has 16 heavy (non-hydrogen) atoms. The van der Waals surface area contributed by atoms with Crippen LogP contribution in [0, 0.1) is 0 Å². The van der Waals surface area contributed by atoms with Gasteiger partial charge in [0.2, 0.25) is 5.91 Å². The van der Waals surface area contributed by atoms with E-state index in [1.807, 2.05) is 0 Å². The predicted octanol–water partition coefficient (Wildman–Crippen LogP) is 1.88. The Labute approximate surface area is 102 Å². The summed E-state index contributed by atoms with van der Waals surface area (Å²) in [6, 6.07) is 3.02. The third-order valence-electron chi connectivity index (χ3n) is 2.35. The number of rotatable bonds is 1. The molecule has 0 aliphatic carbocycles. The van der Waals surface area contributed by atoms with E-state index in [4.69, 9.17) is 28.9 Å². The van der Waals surface area contributed by atoms with E-state index in [9.17, 15) is 9.59 Å². The number of nitrogens with zero attached hydrogens (tertiary/aromatic N) is 1. The summed E-state index contributed by atoms with van der Waals surface area (Å²) >= 11 is 11.7. The van der Waals surface area contributed by atoms with Crippen molar-refractivity contribution in [2.75, 3.05) is 17.2 Å². The highest BCUT2D eigenvalue weighted by Gasteiger charge is 2.30. The lowest BCUT2D eigenvalue weighted by molar-refractivity contribution is -0.121. The van der Waals surface area contributed by atoms with Crippen LogP contribution in [0.3, 0.4) is 0 Å². The monoisotopic (exact) mass is 258 g/mol. The Bertz CT molecular complexity index is 488. The van der Waals surface area contributed by atoms with Crippen LogP contribution < -0.4 is 10.6 Å². The van der Waals surface area contributed by atoms with Crippen LogP contribution in [0.15, 0.2) is 12.1 Å². The Morgan fingerprint density at radius 3 is 2.50 bits per heavy atom. The van der Waals surface area contributed by atoms with Crippen LogP contribution in [0.25, 0.3) is 0 Å². The summed E-state index contributed by atoms with van der Waals surface area (Å²) in [5, 5.41) is 0.649. The first-order chi connectivity index (χ1) is 7.49. The molecule has 0 unspecified atom stereocenters. The minimum Gasteiger partial charge on any atom is -0.396 e. The van der Waals surface area contributed by atoms with Crippen LogP contribution >= 0.6 is 23.2 Å². The fraction of sp³-hybridized carbons (Fsp3) is 0.200. The largest absolute Gasteiger partial charge is 0.396 e. The number of nitrogens with two attached hydrogens (primary N) is 1. The number of benzene rings is 1. The highest BCUT2D eigenvalue weighted by molar-refractivity contribution is 6.37. The number of ketones is 1. The van der Waals surface area contributed by atoms with Crippen molar-refractivity contribution < 1.29 is 9.59 Å². The highest BCUT2D eigenvalue weighted by Crippen LogP contribution is 2.35. The van der Waals surface area contributed by atoms with Crippen molar-refractivity contribution in [1.82, 2.24) is 0 Å². The molecular weight excluding hydrogens is 251 g/mol. The first-order valence-electron chi connectivity index (χ1n) is 4.55. The van der Waals surface area contributed by atoms with E-state index in [2.05, 4.69) is 0 Å². The lowest BCUT2D eigenvalue weighted by Crippen LogP contribution is -2.25. The van der Waals surface area contributed by atoms with Gasteiger partial charge in [-0.1, -0.05) is 23.2 Å². The number of halogens is 2. The zero-order valence-electron chi connectivity index (χ0n) is 8.17. The molecule has 84 valence electrons. The fourth-order valence-corrected chi connectivity index (χ4v) is 2.08. The zero-order valence-corrected chi connectivity index (χ0v) is 9.68. The molecule has 2 rings (SSSR count). The van der Waals surface area contributed by atoms with E-state index in [1.165, 1.54) is 17.0 Å².